The summed E-state index contributed by atoms with van der Waals surface area (Å²) in [6, 6.07) is 12.4. The third kappa shape index (κ3) is 9.14. The van der Waals surface area contributed by atoms with Crippen molar-refractivity contribution in [3.8, 4) is 0 Å². The number of rotatable bonds is 15. The average Bonchev–Trinajstić information content (AvgIpc) is 3.04. The third-order valence-corrected chi connectivity index (χ3v) is 10.1. The highest BCUT2D eigenvalue weighted by Gasteiger charge is 2.22. The van der Waals surface area contributed by atoms with E-state index in [1.54, 1.807) is 0 Å². The second kappa shape index (κ2) is 15.1. The number of hydrogen-bond donors (Lipinski definition) is 8. The maximum absolute atomic E-state index is 12.1. The van der Waals surface area contributed by atoms with E-state index >= 15 is 0 Å². The summed E-state index contributed by atoms with van der Waals surface area (Å²) in [6.07, 6.45) is 0. The van der Waals surface area contributed by atoms with E-state index in [0.29, 0.717) is 23.8 Å². The Morgan fingerprint density at radius 3 is 1.65 bits per heavy atom. The molecule has 1 heterocycles. The van der Waals surface area contributed by atoms with Crippen LogP contribution in [-0.2, 0) is 39.7 Å². The number of benzene rings is 4. The van der Waals surface area contributed by atoms with Crippen molar-refractivity contribution in [2.24, 2.45) is 0 Å². The number of aliphatic hydroxyl groups is 2. The van der Waals surface area contributed by atoms with E-state index in [-0.39, 0.29) is 76.3 Å². The topological polar surface area (TPSA) is 308 Å². The monoisotopic (exact) mass is 786 g/mol. The zero-order valence-electron chi connectivity index (χ0n) is 25.5. The van der Waals surface area contributed by atoms with Crippen LogP contribution in [0.4, 0.5) is 29.2 Å². The molecular weight excluding hydrogens is 761 g/mol. The van der Waals surface area contributed by atoms with Gasteiger partial charge in [0.1, 0.15) is 9.79 Å². The smallest absolute Gasteiger partial charge is 0.295 e. The van der Waals surface area contributed by atoms with Gasteiger partial charge in [-0.1, -0.05) is 17.2 Å². The van der Waals surface area contributed by atoms with Crippen LogP contribution in [0.15, 0.2) is 80.2 Å². The lowest BCUT2D eigenvalue weighted by atomic mass is 10.1. The van der Waals surface area contributed by atoms with Gasteiger partial charge < -0.3 is 25.7 Å². The highest BCUT2D eigenvalue weighted by atomic mass is 32.2. The van der Waals surface area contributed by atoms with E-state index in [4.69, 9.17) is 5.26 Å². The van der Waals surface area contributed by atoms with Crippen LogP contribution in [0.1, 0.15) is 0 Å². The van der Waals surface area contributed by atoms with Crippen LogP contribution >= 0.6 is 12.0 Å². The summed E-state index contributed by atoms with van der Waals surface area (Å²) in [5, 5.41) is 37.4. The van der Waals surface area contributed by atoms with Crippen molar-refractivity contribution in [1.29, 1.82) is 0 Å². The van der Waals surface area contributed by atoms with Gasteiger partial charge in [-0.15, -0.1) is 4.33 Å². The fraction of sp³-hybridized carbons (Fsp3) is 0.148. The molecule has 0 aliphatic heterocycles. The standard InChI is InChI=1S/C27H26N6O14S4/c34-7-5-33(6-8-35)27-31-25(28-17-1-3-21-15(9-17)11-19(48-47-46-36)13-23(21)50(40,41)42)30-26(32-27)29-18-2-4-22-16(10-18)12-20(49(37,38)39)14-24(22)51(43,44)45/h1-4,9-14,34-36H,5-8H2,(H,37,38,39)(H,40,41,42)(H,43,44,45)(H2,28,29,30,31,32). The Morgan fingerprint density at radius 2 is 1.18 bits per heavy atom. The Kier molecular flexibility index (Phi) is 11.2. The molecule has 51 heavy (non-hydrogen) atoms. The van der Waals surface area contributed by atoms with Crippen LogP contribution in [-0.4, -0.2) is 95.6 Å². The van der Waals surface area contributed by atoms with E-state index in [2.05, 4.69) is 35.0 Å². The lowest BCUT2D eigenvalue weighted by molar-refractivity contribution is -0.432. The first-order valence-electron chi connectivity index (χ1n) is 14.0. The molecule has 0 atom stereocenters. The van der Waals surface area contributed by atoms with E-state index in [1.165, 1.54) is 47.4 Å². The van der Waals surface area contributed by atoms with E-state index in [0.717, 1.165) is 12.1 Å². The quantitative estimate of drug-likeness (QED) is 0.0327. The normalized spacial score (nSPS) is 12.4. The molecule has 0 amide bonds. The molecule has 272 valence electrons. The van der Waals surface area contributed by atoms with Crippen LogP contribution < -0.4 is 15.5 Å². The molecule has 5 aromatic rings. The van der Waals surface area contributed by atoms with Crippen molar-refractivity contribution in [1.82, 2.24) is 15.0 Å². The maximum atomic E-state index is 12.1. The van der Waals surface area contributed by atoms with Crippen molar-refractivity contribution in [3.63, 3.8) is 0 Å². The Hall–Kier alpha value is -4.31. The zero-order valence-corrected chi connectivity index (χ0v) is 28.7. The highest BCUT2D eigenvalue weighted by Crippen LogP contribution is 2.34. The second-order valence-electron chi connectivity index (χ2n) is 10.3. The van der Waals surface area contributed by atoms with Crippen molar-refractivity contribution in [2.45, 2.75) is 19.6 Å². The summed E-state index contributed by atoms with van der Waals surface area (Å²) in [7, 11) is -14.5. The first-order chi connectivity index (χ1) is 24.0. The van der Waals surface area contributed by atoms with Gasteiger partial charge in [0.15, 0.2) is 0 Å². The predicted molar refractivity (Wildman–Crippen MR) is 181 cm³/mol. The number of nitrogens with zero attached hydrogens (tertiary/aromatic N) is 4. The lowest BCUT2D eigenvalue weighted by Crippen LogP contribution is -2.31. The van der Waals surface area contributed by atoms with Crippen LogP contribution in [0.25, 0.3) is 21.5 Å². The molecule has 0 saturated carbocycles. The highest BCUT2D eigenvalue weighted by molar-refractivity contribution is 7.94. The molecule has 0 bridgehead atoms. The molecule has 5 rings (SSSR count). The van der Waals surface area contributed by atoms with Gasteiger partial charge >= 0.3 is 0 Å². The van der Waals surface area contributed by atoms with E-state index in [9.17, 15) is 49.1 Å². The zero-order chi connectivity index (χ0) is 37.1. The Balaban J connectivity index is 1.59. The minimum absolute atomic E-state index is 0.00922. The van der Waals surface area contributed by atoms with Gasteiger partial charge in [0.25, 0.3) is 30.4 Å². The number of nitrogens with one attached hydrogen (secondary N) is 2. The second-order valence-corrected chi connectivity index (χ2v) is 15.3. The largest absolute Gasteiger partial charge is 0.395 e. The van der Waals surface area contributed by atoms with Crippen LogP contribution in [0.3, 0.4) is 0 Å². The molecule has 0 saturated heterocycles. The van der Waals surface area contributed by atoms with E-state index in [1.807, 2.05) is 0 Å². The van der Waals surface area contributed by atoms with Gasteiger partial charge in [0.2, 0.25) is 17.8 Å². The van der Waals surface area contributed by atoms with Gasteiger partial charge in [-0.3, -0.25) is 13.7 Å². The molecule has 0 fully saturated rings. The molecule has 0 aliphatic carbocycles. The van der Waals surface area contributed by atoms with Crippen molar-refractivity contribution < 1.29 is 63.8 Å². The Morgan fingerprint density at radius 1 is 0.667 bits per heavy atom. The van der Waals surface area contributed by atoms with Crippen LogP contribution in [0, 0.1) is 0 Å². The predicted octanol–water partition coefficient (Wildman–Crippen LogP) is 2.62. The fourth-order valence-corrected chi connectivity index (χ4v) is 7.50. The molecular formula is C27H26N6O14S4. The SMILES string of the molecule is O=S(=O)(O)c1cc(S(=O)(=O)O)c2ccc(Nc3nc(Nc4ccc5c(S(=O)(=O)O)cc(SOOO)cc5c4)nc(N(CCO)CCO)n3)cc2c1. The fourth-order valence-electron chi connectivity index (χ4n) is 4.88. The van der Waals surface area contributed by atoms with Crippen molar-refractivity contribution in [2.75, 3.05) is 41.8 Å². The van der Waals surface area contributed by atoms with Crippen molar-refractivity contribution >= 4 is 93.2 Å². The van der Waals surface area contributed by atoms with Gasteiger partial charge in [-0.05, 0) is 59.3 Å². The molecule has 24 heteroatoms. The summed E-state index contributed by atoms with van der Waals surface area (Å²) in [6.45, 7) is -0.712. The average molecular weight is 787 g/mol. The number of hydrogen-bond acceptors (Lipinski definition) is 18. The third-order valence-electron chi connectivity index (χ3n) is 6.95. The molecule has 4 aromatic carbocycles. The number of fused-ring (bicyclic) bond motifs is 2. The maximum Gasteiger partial charge on any atom is 0.295 e. The van der Waals surface area contributed by atoms with Gasteiger partial charge in [-0.2, -0.15) is 40.2 Å². The summed E-state index contributed by atoms with van der Waals surface area (Å²) >= 11 is 0.457. The molecule has 0 aliphatic rings. The Labute approximate surface area is 293 Å². The molecule has 0 spiro atoms. The summed E-state index contributed by atoms with van der Waals surface area (Å²) in [5.74, 6) is -0.281. The summed E-state index contributed by atoms with van der Waals surface area (Å²) in [5.41, 5.74) is 0.475. The van der Waals surface area contributed by atoms with Gasteiger partial charge in [-0.25, -0.2) is 5.26 Å². The summed E-state index contributed by atoms with van der Waals surface area (Å²) in [4.78, 5) is 12.6. The molecule has 20 nitrogen and oxygen atoms in total. The molecule has 0 unspecified atom stereocenters. The van der Waals surface area contributed by atoms with E-state index < -0.39 is 45.0 Å². The van der Waals surface area contributed by atoms with Crippen LogP contribution in [0.5, 0.6) is 0 Å². The van der Waals surface area contributed by atoms with Crippen molar-refractivity contribution in [3.05, 3.63) is 60.7 Å². The number of anilines is 5. The number of aliphatic hydroxyl groups excluding tert-OH is 2. The molecule has 0 radical (unpaired) electrons. The molecule has 8 N–H and O–H groups in total. The first kappa shape index (κ1) is 37.9. The van der Waals surface area contributed by atoms with Gasteiger partial charge in [0, 0.05) is 40.1 Å². The minimum Gasteiger partial charge on any atom is -0.395 e. The Bertz CT molecular complexity index is 2450. The minimum atomic E-state index is -4.92. The first-order valence-corrected chi connectivity index (χ1v) is 19.1. The number of aromatic nitrogens is 3. The lowest BCUT2D eigenvalue weighted by Gasteiger charge is -2.21. The van der Waals surface area contributed by atoms with Crippen LogP contribution in [0.2, 0.25) is 0 Å². The van der Waals surface area contributed by atoms with Gasteiger partial charge in [0.05, 0.1) is 30.2 Å². The molecule has 1 aromatic heterocycles. The summed E-state index contributed by atoms with van der Waals surface area (Å²) < 4.78 is 105.